The first-order chi connectivity index (χ1) is 6.47. The van der Waals surface area contributed by atoms with Crippen LogP contribution < -0.4 is 0 Å². The minimum atomic E-state index is -0.235. The first-order valence-electron chi connectivity index (χ1n) is 5.15. The van der Waals surface area contributed by atoms with Crippen molar-refractivity contribution in [1.82, 2.24) is 0 Å². The highest BCUT2D eigenvalue weighted by atomic mass is 16.5. The second-order valence-electron chi connectivity index (χ2n) is 4.55. The van der Waals surface area contributed by atoms with E-state index in [0.29, 0.717) is 25.9 Å². The summed E-state index contributed by atoms with van der Waals surface area (Å²) in [5.74, 6) is 0.000647. The Hall–Kier alpha value is -0.860. The zero-order valence-electron chi connectivity index (χ0n) is 9.13. The van der Waals surface area contributed by atoms with Crippen LogP contribution in [0.2, 0.25) is 0 Å². The van der Waals surface area contributed by atoms with Gasteiger partial charge in [0.05, 0.1) is 12.5 Å². The lowest BCUT2D eigenvalue weighted by molar-refractivity contribution is -0.155. The van der Waals surface area contributed by atoms with Crippen LogP contribution in [0.25, 0.3) is 0 Å². The van der Waals surface area contributed by atoms with Crippen LogP contribution in [0, 0.1) is 11.3 Å². The highest BCUT2D eigenvalue weighted by Crippen LogP contribution is 2.39. The van der Waals surface area contributed by atoms with E-state index < -0.39 is 0 Å². The standard InChI is InChI=1S/C11H18O3/c1-4-14-10(13)9-6-5-8(12)7-11(9,2)3/h9H,4-7H2,1-3H3. The van der Waals surface area contributed by atoms with Gasteiger partial charge in [0.15, 0.2) is 0 Å². The van der Waals surface area contributed by atoms with E-state index in [1.165, 1.54) is 0 Å². The molecular weight excluding hydrogens is 180 g/mol. The van der Waals surface area contributed by atoms with Crippen molar-refractivity contribution in [1.29, 1.82) is 0 Å². The summed E-state index contributed by atoms with van der Waals surface area (Å²) in [4.78, 5) is 22.8. The molecule has 0 bridgehead atoms. The number of esters is 1. The van der Waals surface area contributed by atoms with Crippen LogP contribution in [0.5, 0.6) is 0 Å². The first-order valence-corrected chi connectivity index (χ1v) is 5.15. The molecule has 1 rings (SSSR count). The molecule has 0 aromatic heterocycles. The summed E-state index contributed by atoms with van der Waals surface area (Å²) in [7, 11) is 0. The molecule has 1 atom stereocenters. The fraction of sp³-hybridized carbons (Fsp3) is 0.818. The fourth-order valence-corrected chi connectivity index (χ4v) is 2.10. The summed E-state index contributed by atoms with van der Waals surface area (Å²) >= 11 is 0. The average molecular weight is 198 g/mol. The van der Waals surface area contributed by atoms with E-state index in [-0.39, 0.29) is 23.1 Å². The highest BCUT2D eigenvalue weighted by molar-refractivity contribution is 5.83. The molecule has 0 amide bonds. The number of Topliss-reactive ketones (excluding diaryl/α,β-unsaturated/α-hetero) is 1. The van der Waals surface area contributed by atoms with Crippen LogP contribution >= 0.6 is 0 Å². The van der Waals surface area contributed by atoms with E-state index in [4.69, 9.17) is 4.74 Å². The molecule has 1 unspecified atom stereocenters. The van der Waals surface area contributed by atoms with E-state index in [1.54, 1.807) is 6.92 Å². The minimum absolute atomic E-state index is 0.111. The van der Waals surface area contributed by atoms with Gasteiger partial charge in [-0.1, -0.05) is 13.8 Å². The molecule has 0 heterocycles. The molecule has 3 heteroatoms. The van der Waals surface area contributed by atoms with E-state index in [2.05, 4.69) is 0 Å². The van der Waals surface area contributed by atoms with Gasteiger partial charge in [-0.25, -0.2) is 0 Å². The van der Waals surface area contributed by atoms with Crippen molar-refractivity contribution in [2.45, 2.75) is 40.0 Å². The van der Waals surface area contributed by atoms with Gasteiger partial charge >= 0.3 is 5.97 Å². The third kappa shape index (κ3) is 2.34. The number of carbonyl (C=O) groups is 2. The minimum Gasteiger partial charge on any atom is -0.466 e. The van der Waals surface area contributed by atoms with Crippen molar-refractivity contribution in [3.8, 4) is 0 Å². The Morgan fingerprint density at radius 3 is 2.71 bits per heavy atom. The van der Waals surface area contributed by atoms with Crippen molar-refractivity contribution in [3.63, 3.8) is 0 Å². The smallest absolute Gasteiger partial charge is 0.309 e. The second-order valence-corrected chi connectivity index (χ2v) is 4.55. The number of hydrogen-bond donors (Lipinski definition) is 0. The topological polar surface area (TPSA) is 43.4 Å². The zero-order chi connectivity index (χ0) is 10.8. The third-order valence-electron chi connectivity index (χ3n) is 2.88. The van der Waals surface area contributed by atoms with Gasteiger partial charge in [-0.05, 0) is 18.8 Å². The molecule has 1 saturated carbocycles. The maximum Gasteiger partial charge on any atom is 0.309 e. The molecule has 0 N–H and O–H groups in total. The van der Waals surface area contributed by atoms with Crippen LogP contribution in [0.15, 0.2) is 0 Å². The number of rotatable bonds is 2. The lowest BCUT2D eigenvalue weighted by Gasteiger charge is -2.35. The Balaban J connectivity index is 2.68. The Labute approximate surface area is 84.8 Å². The number of hydrogen-bond acceptors (Lipinski definition) is 3. The van der Waals surface area contributed by atoms with Gasteiger partial charge in [0, 0.05) is 12.8 Å². The fourth-order valence-electron chi connectivity index (χ4n) is 2.10. The monoisotopic (exact) mass is 198 g/mol. The summed E-state index contributed by atoms with van der Waals surface area (Å²) in [6, 6.07) is 0. The Kier molecular flexibility index (Phi) is 3.29. The highest BCUT2D eigenvalue weighted by Gasteiger charge is 2.41. The molecule has 1 aliphatic rings. The summed E-state index contributed by atoms with van der Waals surface area (Å²) in [6.45, 7) is 6.15. The molecule has 1 fully saturated rings. The molecule has 0 aromatic rings. The van der Waals surface area contributed by atoms with Gasteiger partial charge in [-0.15, -0.1) is 0 Å². The number of ether oxygens (including phenoxy) is 1. The van der Waals surface area contributed by atoms with Crippen LogP contribution in [-0.4, -0.2) is 18.4 Å². The van der Waals surface area contributed by atoms with Gasteiger partial charge in [-0.2, -0.15) is 0 Å². The Morgan fingerprint density at radius 1 is 1.57 bits per heavy atom. The van der Waals surface area contributed by atoms with E-state index >= 15 is 0 Å². The van der Waals surface area contributed by atoms with Gasteiger partial charge in [0.25, 0.3) is 0 Å². The second kappa shape index (κ2) is 4.11. The maximum absolute atomic E-state index is 11.6. The van der Waals surface area contributed by atoms with Crippen LogP contribution in [0.3, 0.4) is 0 Å². The van der Waals surface area contributed by atoms with Crippen molar-refractivity contribution >= 4 is 11.8 Å². The molecule has 0 saturated heterocycles. The molecule has 0 aliphatic heterocycles. The SMILES string of the molecule is CCOC(=O)C1CCC(=O)CC1(C)C. The Morgan fingerprint density at radius 2 is 2.21 bits per heavy atom. The Bertz CT molecular complexity index is 243. The lowest BCUT2D eigenvalue weighted by atomic mass is 9.68. The van der Waals surface area contributed by atoms with Gasteiger partial charge < -0.3 is 4.74 Å². The lowest BCUT2D eigenvalue weighted by Crippen LogP contribution is -2.38. The molecule has 0 radical (unpaired) electrons. The summed E-state index contributed by atoms with van der Waals surface area (Å²) in [5.41, 5.74) is -0.235. The van der Waals surface area contributed by atoms with Crippen LogP contribution in [-0.2, 0) is 14.3 Å². The normalized spacial score (nSPS) is 25.9. The average Bonchev–Trinajstić information content (AvgIpc) is 2.01. The third-order valence-corrected chi connectivity index (χ3v) is 2.88. The molecule has 14 heavy (non-hydrogen) atoms. The van der Waals surface area contributed by atoms with E-state index in [9.17, 15) is 9.59 Å². The largest absolute Gasteiger partial charge is 0.466 e. The van der Waals surface area contributed by atoms with E-state index in [0.717, 1.165) is 0 Å². The van der Waals surface area contributed by atoms with E-state index in [1.807, 2.05) is 13.8 Å². The van der Waals surface area contributed by atoms with Gasteiger partial charge in [-0.3, -0.25) is 9.59 Å². The van der Waals surface area contributed by atoms with Crippen molar-refractivity contribution < 1.29 is 14.3 Å². The predicted octanol–water partition coefficient (Wildman–Crippen LogP) is 1.94. The van der Waals surface area contributed by atoms with Crippen molar-refractivity contribution in [2.75, 3.05) is 6.61 Å². The summed E-state index contributed by atoms with van der Waals surface area (Å²) in [6.07, 6.45) is 1.66. The van der Waals surface area contributed by atoms with Crippen LogP contribution in [0.4, 0.5) is 0 Å². The van der Waals surface area contributed by atoms with Gasteiger partial charge in [0.2, 0.25) is 0 Å². The quantitative estimate of drug-likeness (QED) is 0.637. The van der Waals surface area contributed by atoms with Crippen molar-refractivity contribution in [3.05, 3.63) is 0 Å². The number of ketones is 1. The number of carbonyl (C=O) groups excluding carboxylic acids is 2. The van der Waals surface area contributed by atoms with Crippen molar-refractivity contribution in [2.24, 2.45) is 11.3 Å². The molecule has 3 nitrogen and oxygen atoms in total. The molecule has 0 aromatic carbocycles. The predicted molar refractivity (Wildman–Crippen MR) is 52.8 cm³/mol. The van der Waals surface area contributed by atoms with Gasteiger partial charge in [0.1, 0.15) is 5.78 Å². The van der Waals surface area contributed by atoms with Crippen LogP contribution in [0.1, 0.15) is 40.0 Å². The molecular formula is C11H18O3. The zero-order valence-corrected chi connectivity index (χ0v) is 9.13. The summed E-state index contributed by atoms with van der Waals surface area (Å²) in [5, 5.41) is 0. The maximum atomic E-state index is 11.6. The first kappa shape index (κ1) is 11.2. The molecule has 0 spiro atoms. The molecule has 80 valence electrons. The summed E-state index contributed by atoms with van der Waals surface area (Å²) < 4.78 is 5.00. The molecule has 1 aliphatic carbocycles.